The molecule has 27 heavy (non-hydrogen) atoms. The van der Waals surface area contributed by atoms with Crippen LogP contribution < -0.4 is 10.0 Å². The highest BCUT2D eigenvalue weighted by molar-refractivity contribution is 7.92. The van der Waals surface area contributed by atoms with Crippen molar-refractivity contribution < 1.29 is 13.2 Å². The van der Waals surface area contributed by atoms with Crippen molar-refractivity contribution in [3.05, 3.63) is 81.5 Å². The van der Waals surface area contributed by atoms with Gasteiger partial charge in [-0.05, 0) is 61.9 Å². The lowest BCUT2D eigenvalue weighted by Gasteiger charge is -2.11. The molecule has 3 rings (SSSR count). The summed E-state index contributed by atoms with van der Waals surface area (Å²) in [5, 5.41) is 2.84. The molecule has 2 N–H and O–H groups in total. The first-order valence-corrected chi connectivity index (χ1v) is 10.7. The van der Waals surface area contributed by atoms with E-state index in [0.29, 0.717) is 17.8 Å². The van der Waals surface area contributed by atoms with Crippen LogP contribution in [-0.4, -0.2) is 14.3 Å². The molecule has 140 valence electrons. The minimum absolute atomic E-state index is 0.108. The van der Waals surface area contributed by atoms with Gasteiger partial charge >= 0.3 is 0 Å². The van der Waals surface area contributed by atoms with Gasteiger partial charge in [-0.1, -0.05) is 18.2 Å². The first-order chi connectivity index (χ1) is 12.8. The van der Waals surface area contributed by atoms with Crippen LogP contribution in [0, 0.1) is 13.8 Å². The fourth-order valence-electron chi connectivity index (χ4n) is 2.53. The van der Waals surface area contributed by atoms with Crippen LogP contribution in [-0.2, 0) is 16.6 Å². The topological polar surface area (TPSA) is 75.3 Å². The van der Waals surface area contributed by atoms with E-state index >= 15 is 0 Å². The highest BCUT2D eigenvalue weighted by Gasteiger charge is 2.16. The van der Waals surface area contributed by atoms with Gasteiger partial charge in [0.05, 0.1) is 17.1 Å². The van der Waals surface area contributed by atoms with E-state index in [4.69, 9.17) is 0 Å². The smallest absolute Gasteiger partial charge is 0.261 e. The zero-order chi connectivity index (χ0) is 19.4. The summed E-state index contributed by atoms with van der Waals surface area (Å²) in [6, 6.07) is 17.0. The quantitative estimate of drug-likeness (QED) is 0.654. The number of carbonyl (C=O) groups is 1. The standard InChI is InChI=1S/C20H20N2O3S2/c1-14-5-3-4-6-19(14)22-27(24,25)18-11-8-16(9-12-18)20(23)21-13-17-10-7-15(2)26-17/h3-12,22H,13H2,1-2H3,(H,21,23). The molecule has 1 aromatic heterocycles. The third-order valence-electron chi connectivity index (χ3n) is 4.04. The van der Waals surface area contributed by atoms with Gasteiger partial charge in [0.2, 0.25) is 0 Å². The molecular formula is C20H20N2O3S2. The van der Waals surface area contributed by atoms with Gasteiger partial charge in [0.15, 0.2) is 0 Å². The summed E-state index contributed by atoms with van der Waals surface area (Å²) in [6.07, 6.45) is 0. The second kappa shape index (κ2) is 7.94. The molecular weight excluding hydrogens is 380 g/mol. The Hall–Kier alpha value is -2.64. The van der Waals surface area contributed by atoms with Gasteiger partial charge in [0.1, 0.15) is 0 Å². The highest BCUT2D eigenvalue weighted by atomic mass is 32.2. The number of amides is 1. The largest absolute Gasteiger partial charge is 0.347 e. The summed E-state index contributed by atoms with van der Waals surface area (Å²) in [6.45, 7) is 4.30. The van der Waals surface area contributed by atoms with E-state index < -0.39 is 10.0 Å². The van der Waals surface area contributed by atoms with Crippen molar-refractivity contribution in [1.29, 1.82) is 0 Å². The number of rotatable bonds is 6. The van der Waals surface area contributed by atoms with Crippen LogP contribution in [0.4, 0.5) is 5.69 Å². The molecule has 7 heteroatoms. The van der Waals surface area contributed by atoms with E-state index in [1.807, 2.05) is 38.1 Å². The third kappa shape index (κ3) is 4.75. The predicted molar refractivity (Wildman–Crippen MR) is 109 cm³/mol. The van der Waals surface area contributed by atoms with Gasteiger partial charge < -0.3 is 5.32 Å². The first kappa shape index (κ1) is 19.1. The Balaban J connectivity index is 1.68. The van der Waals surface area contributed by atoms with Gasteiger partial charge in [0, 0.05) is 15.3 Å². The molecule has 0 unspecified atom stereocenters. The minimum Gasteiger partial charge on any atom is -0.347 e. The number of benzene rings is 2. The molecule has 0 radical (unpaired) electrons. The Morgan fingerprint density at radius 2 is 1.67 bits per heavy atom. The van der Waals surface area contributed by atoms with Crippen LogP contribution in [0.1, 0.15) is 25.7 Å². The third-order valence-corrected chi connectivity index (χ3v) is 6.42. The molecule has 1 heterocycles. The maximum atomic E-state index is 12.5. The van der Waals surface area contributed by atoms with Crippen molar-refractivity contribution in [2.24, 2.45) is 0 Å². The first-order valence-electron chi connectivity index (χ1n) is 8.37. The van der Waals surface area contributed by atoms with Crippen LogP contribution in [0.15, 0.2) is 65.6 Å². The van der Waals surface area contributed by atoms with Crippen LogP contribution in [0.3, 0.4) is 0 Å². The molecule has 0 aliphatic heterocycles. The fourth-order valence-corrected chi connectivity index (χ4v) is 4.49. The Kier molecular flexibility index (Phi) is 5.62. The zero-order valence-corrected chi connectivity index (χ0v) is 16.7. The zero-order valence-electron chi connectivity index (χ0n) is 15.0. The Labute approximate surface area is 163 Å². The Morgan fingerprint density at radius 1 is 0.963 bits per heavy atom. The summed E-state index contributed by atoms with van der Waals surface area (Å²) in [5.41, 5.74) is 1.78. The monoisotopic (exact) mass is 400 g/mol. The SMILES string of the molecule is Cc1ccc(CNC(=O)c2ccc(S(=O)(=O)Nc3ccccc3C)cc2)s1. The number of hydrogen-bond acceptors (Lipinski definition) is 4. The molecule has 0 saturated heterocycles. The molecule has 0 fully saturated rings. The number of nitrogens with one attached hydrogen (secondary N) is 2. The van der Waals surface area contributed by atoms with Crippen molar-refractivity contribution >= 4 is 33.0 Å². The van der Waals surface area contributed by atoms with Crippen molar-refractivity contribution in [2.45, 2.75) is 25.3 Å². The molecule has 2 aromatic carbocycles. The van der Waals surface area contributed by atoms with E-state index in [1.54, 1.807) is 23.5 Å². The van der Waals surface area contributed by atoms with E-state index in [1.165, 1.54) is 29.1 Å². The Bertz CT molecular complexity index is 1050. The molecule has 0 bridgehead atoms. The predicted octanol–water partition coefficient (Wildman–Crippen LogP) is 4.10. The fraction of sp³-hybridized carbons (Fsp3) is 0.150. The molecule has 0 atom stereocenters. The van der Waals surface area contributed by atoms with Crippen LogP contribution in [0.5, 0.6) is 0 Å². The molecule has 5 nitrogen and oxygen atoms in total. The highest BCUT2D eigenvalue weighted by Crippen LogP contribution is 2.20. The number of sulfonamides is 1. The van der Waals surface area contributed by atoms with E-state index in [9.17, 15) is 13.2 Å². The van der Waals surface area contributed by atoms with Gasteiger partial charge in [-0.2, -0.15) is 0 Å². The van der Waals surface area contributed by atoms with Crippen molar-refractivity contribution in [3.63, 3.8) is 0 Å². The Morgan fingerprint density at radius 3 is 2.30 bits per heavy atom. The lowest BCUT2D eigenvalue weighted by atomic mass is 10.2. The van der Waals surface area contributed by atoms with Crippen molar-refractivity contribution in [3.8, 4) is 0 Å². The van der Waals surface area contributed by atoms with Gasteiger partial charge in [-0.3, -0.25) is 9.52 Å². The second-order valence-electron chi connectivity index (χ2n) is 6.14. The lowest BCUT2D eigenvalue weighted by Crippen LogP contribution is -2.22. The van der Waals surface area contributed by atoms with Crippen molar-refractivity contribution in [1.82, 2.24) is 5.32 Å². The maximum absolute atomic E-state index is 12.5. The van der Waals surface area contributed by atoms with Crippen LogP contribution in [0.2, 0.25) is 0 Å². The summed E-state index contributed by atoms with van der Waals surface area (Å²) in [7, 11) is -3.71. The number of carbonyl (C=O) groups excluding carboxylic acids is 1. The maximum Gasteiger partial charge on any atom is 0.261 e. The number of anilines is 1. The molecule has 0 saturated carbocycles. The van der Waals surface area contributed by atoms with Gasteiger partial charge in [-0.25, -0.2) is 8.42 Å². The average Bonchev–Trinajstić information content (AvgIpc) is 3.07. The molecule has 3 aromatic rings. The summed E-state index contributed by atoms with van der Waals surface area (Å²) < 4.78 is 27.6. The molecule has 1 amide bonds. The summed E-state index contributed by atoms with van der Waals surface area (Å²) in [5.74, 6) is -0.239. The van der Waals surface area contributed by atoms with E-state index in [2.05, 4.69) is 10.0 Å². The molecule has 0 spiro atoms. The van der Waals surface area contributed by atoms with E-state index in [0.717, 1.165) is 10.4 Å². The van der Waals surface area contributed by atoms with Gasteiger partial charge in [0.25, 0.3) is 15.9 Å². The van der Waals surface area contributed by atoms with E-state index in [-0.39, 0.29) is 10.8 Å². The minimum atomic E-state index is -3.71. The van der Waals surface area contributed by atoms with Crippen molar-refractivity contribution in [2.75, 3.05) is 4.72 Å². The summed E-state index contributed by atoms with van der Waals surface area (Å²) >= 11 is 1.63. The molecule has 0 aliphatic rings. The average molecular weight is 401 g/mol. The second-order valence-corrected chi connectivity index (χ2v) is 9.19. The lowest BCUT2D eigenvalue weighted by molar-refractivity contribution is 0.0951. The van der Waals surface area contributed by atoms with Gasteiger partial charge in [-0.15, -0.1) is 11.3 Å². The summed E-state index contributed by atoms with van der Waals surface area (Å²) in [4.78, 5) is 14.6. The molecule has 0 aliphatic carbocycles. The number of thiophene rings is 1. The number of hydrogen-bond donors (Lipinski definition) is 2. The number of para-hydroxylation sites is 1. The van der Waals surface area contributed by atoms with Crippen LogP contribution >= 0.6 is 11.3 Å². The normalized spacial score (nSPS) is 11.2. The van der Waals surface area contributed by atoms with Crippen LogP contribution in [0.25, 0.3) is 0 Å². The number of aryl methyl sites for hydroxylation is 2.